The van der Waals surface area contributed by atoms with E-state index in [4.69, 9.17) is 32.7 Å². The predicted octanol–water partition coefficient (Wildman–Crippen LogP) is 8.71. The van der Waals surface area contributed by atoms with Crippen LogP contribution in [-0.4, -0.2) is 65.5 Å². The minimum atomic E-state index is -2.99. The van der Waals surface area contributed by atoms with E-state index in [1.54, 1.807) is 40.1 Å². The van der Waals surface area contributed by atoms with Gasteiger partial charge in [0.1, 0.15) is 11.4 Å². The van der Waals surface area contributed by atoms with Crippen molar-refractivity contribution in [3.8, 4) is 5.75 Å². The van der Waals surface area contributed by atoms with Crippen molar-refractivity contribution in [1.82, 2.24) is 19.6 Å². The summed E-state index contributed by atoms with van der Waals surface area (Å²) in [7, 11) is -2.99. The molecule has 292 valence electrons. The summed E-state index contributed by atoms with van der Waals surface area (Å²) in [6, 6.07) is 30.9. The lowest BCUT2D eigenvalue weighted by Gasteiger charge is -2.45. The Morgan fingerprint density at radius 3 is 2.12 bits per heavy atom. The Morgan fingerprint density at radius 2 is 1.55 bits per heavy atom. The van der Waals surface area contributed by atoms with Crippen LogP contribution in [0.3, 0.4) is 0 Å². The molecule has 7 rings (SSSR count). The summed E-state index contributed by atoms with van der Waals surface area (Å²) in [4.78, 5) is 32.3. The first-order valence-electron chi connectivity index (χ1n) is 18.7. The number of rotatable bonds is 10. The number of hydrogen-bond donors (Lipinski definition) is 0. The molecule has 2 aliphatic rings. The minimum absolute atomic E-state index is 0.0329. The number of fused-ring (bicyclic) bond motifs is 3. The zero-order valence-corrected chi connectivity index (χ0v) is 34.4. The molecular formula is C43H44Cl2F2N4O4Si. The van der Waals surface area contributed by atoms with Gasteiger partial charge in [-0.3, -0.25) is 14.3 Å². The lowest BCUT2D eigenvalue weighted by Crippen LogP contribution is -2.67. The maximum Gasteiger partial charge on any atom is 0.387 e. The monoisotopic (exact) mass is 816 g/mol. The Kier molecular flexibility index (Phi) is 11.2. The number of hydrogen-bond acceptors (Lipinski definition) is 5. The van der Waals surface area contributed by atoms with Crippen molar-refractivity contribution in [3.05, 3.63) is 141 Å². The lowest BCUT2D eigenvalue weighted by atomic mass is 9.96. The van der Waals surface area contributed by atoms with Crippen molar-refractivity contribution in [2.45, 2.75) is 77.4 Å². The van der Waals surface area contributed by atoms with Crippen molar-refractivity contribution in [1.29, 1.82) is 0 Å². The fourth-order valence-electron chi connectivity index (χ4n) is 8.19. The van der Waals surface area contributed by atoms with Gasteiger partial charge in [-0.05, 0) is 65.2 Å². The van der Waals surface area contributed by atoms with E-state index in [-0.39, 0.29) is 53.4 Å². The van der Waals surface area contributed by atoms with Gasteiger partial charge in [0.15, 0.2) is 0 Å². The third-order valence-corrected chi connectivity index (χ3v) is 16.8. The lowest BCUT2D eigenvalue weighted by molar-refractivity contribution is -0.0498. The Labute approximate surface area is 337 Å². The number of benzene rings is 4. The molecule has 2 aliphatic heterocycles. The van der Waals surface area contributed by atoms with Gasteiger partial charge in [0.2, 0.25) is 0 Å². The summed E-state index contributed by atoms with van der Waals surface area (Å²) in [5.74, 6) is -0.435. The highest BCUT2D eigenvalue weighted by Gasteiger charge is 2.51. The van der Waals surface area contributed by atoms with Crippen LogP contribution >= 0.6 is 23.2 Å². The van der Waals surface area contributed by atoms with Gasteiger partial charge in [0, 0.05) is 30.1 Å². The highest BCUT2D eigenvalue weighted by Crippen LogP contribution is 2.40. The zero-order valence-electron chi connectivity index (χ0n) is 31.9. The van der Waals surface area contributed by atoms with E-state index >= 15 is 0 Å². The normalized spacial score (nSPS) is 17.8. The van der Waals surface area contributed by atoms with Crippen molar-refractivity contribution in [2.24, 2.45) is 0 Å². The second-order valence-corrected chi connectivity index (χ2v) is 20.7. The van der Waals surface area contributed by atoms with Gasteiger partial charge in [-0.1, -0.05) is 117 Å². The number of carbonyl (C=O) groups excluding carboxylic acids is 2. The molecule has 0 aliphatic carbocycles. The van der Waals surface area contributed by atoms with Gasteiger partial charge in [-0.2, -0.15) is 13.9 Å². The minimum Gasteiger partial charge on any atom is -0.435 e. The van der Waals surface area contributed by atoms with Crippen molar-refractivity contribution in [2.75, 3.05) is 13.2 Å². The first kappa shape index (κ1) is 39.7. The fraction of sp³-hybridized carbons (Fsp3) is 0.326. The molecule has 0 N–H and O–H groups in total. The molecule has 0 saturated heterocycles. The van der Waals surface area contributed by atoms with E-state index in [0.717, 1.165) is 21.6 Å². The third kappa shape index (κ3) is 7.37. The predicted molar refractivity (Wildman–Crippen MR) is 217 cm³/mol. The van der Waals surface area contributed by atoms with Gasteiger partial charge < -0.3 is 19.0 Å². The number of alkyl halides is 2. The molecule has 8 nitrogen and oxygen atoms in total. The second-order valence-electron chi connectivity index (χ2n) is 15.5. The van der Waals surface area contributed by atoms with E-state index in [1.807, 2.05) is 54.9 Å². The molecule has 0 spiro atoms. The van der Waals surface area contributed by atoms with Crippen LogP contribution in [0, 0.1) is 0 Å². The summed E-state index contributed by atoms with van der Waals surface area (Å²) in [6.45, 7) is 8.30. The summed E-state index contributed by atoms with van der Waals surface area (Å²) < 4.78 is 39.8. The maximum absolute atomic E-state index is 14.8. The molecule has 13 heteroatoms. The molecule has 1 unspecified atom stereocenters. The van der Waals surface area contributed by atoms with E-state index in [0.29, 0.717) is 28.3 Å². The fourth-order valence-corrected chi connectivity index (χ4v) is 13.1. The van der Waals surface area contributed by atoms with Crippen molar-refractivity contribution >= 4 is 53.7 Å². The summed E-state index contributed by atoms with van der Waals surface area (Å²) in [5.41, 5.74) is 3.00. The maximum atomic E-state index is 14.8. The van der Waals surface area contributed by atoms with E-state index in [9.17, 15) is 18.4 Å². The van der Waals surface area contributed by atoms with Crippen LogP contribution in [0.25, 0.3) is 0 Å². The summed E-state index contributed by atoms with van der Waals surface area (Å²) in [5, 5.41) is 7.73. The molecule has 0 radical (unpaired) electrons. The number of amides is 2. The number of halogens is 4. The molecule has 3 atom stereocenters. The molecule has 2 amide bonds. The molecule has 4 aromatic carbocycles. The van der Waals surface area contributed by atoms with Crippen LogP contribution in [0.1, 0.15) is 84.4 Å². The average molecular weight is 818 g/mol. The molecular weight excluding hydrogens is 773 g/mol. The third-order valence-electron chi connectivity index (χ3n) is 11.0. The van der Waals surface area contributed by atoms with Gasteiger partial charge in [0.05, 0.1) is 41.0 Å². The smallest absolute Gasteiger partial charge is 0.387 e. The number of carbonyl (C=O) groups is 2. The quantitative estimate of drug-likeness (QED) is 0.132. The van der Waals surface area contributed by atoms with Crippen LogP contribution in [0.15, 0.2) is 103 Å². The standard InChI is InChI=1S/C43H44Cl2F2N4O4Si/c1-27-22-38-35(25-49(27)40(52)30-18-21-36(44)37(45)23-30)39-41(53)50(28(2)29-16-19-32(20-17-29)55-42(46)47)24-31(51(39)48-38)26-54-56(43(3,4)5,33-12-8-6-9-13-33)34-14-10-7-11-15-34/h6-21,23,27-28,31,42H,22,24-26H2,1-5H3/t27-,28?,31+/m1/s1. The topological polar surface area (TPSA) is 76.9 Å². The highest BCUT2D eigenvalue weighted by atomic mass is 35.5. The van der Waals surface area contributed by atoms with Crippen LogP contribution in [0.2, 0.25) is 15.1 Å². The molecule has 0 fully saturated rings. The van der Waals surface area contributed by atoms with Gasteiger partial charge in [-0.25, -0.2) is 0 Å². The zero-order chi connectivity index (χ0) is 39.9. The summed E-state index contributed by atoms with van der Waals surface area (Å²) in [6.07, 6.45) is 0.444. The van der Waals surface area contributed by atoms with Crippen LogP contribution in [0.4, 0.5) is 8.78 Å². The van der Waals surface area contributed by atoms with E-state index in [1.165, 1.54) is 12.1 Å². The number of ether oxygens (including phenoxy) is 1. The first-order valence-corrected chi connectivity index (χ1v) is 21.3. The Bertz CT molecular complexity index is 2180. The largest absolute Gasteiger partial charge is 0.435 e. The molecule has 3 heterocycles. The highest BCUT2D eigenvalue weighted by molar-refractivity contribution is 6.99. The summed E-state index contributed by atoms with van der Waals surface area (Å²) >= 11 is 12.5. The second kappa shape index (κ2) is 15.8. The first-order chi connectivity index (χ1) is 26.7. The van der Waals surface area contributed by atoms with Crippen LogP contribution < -0.4 is 15.1 Å². The Hall–Kier alpha value is -4.55. The average Bonchev–Trinajstić information content (AvgIpc) is 3.55. The molecule has 56 heavy (non-hydrogen) atoms. The number of nitrogens with zero attached hydrogens (tertiary/aromatic N) is 4. The molecule has 0 bridgehead atoms. The molecule has 5 aromatic rings. The molecule has 1 aromatic heterocycles. The van der Waals surface area contributed by atoms with Gasteiger partial charge >= 0.3 is 6.61 Å². The van der Waals surface area contributed by atoms with Gasteiger partial charge in [0.25, 0.3) is 20.1 Å². The Morgan fingerprint density at radius 1 is 0.929 bits per heavy atom. The van der Waals surface area contributed by atoms with Crippen LogP contribution in [-0.2, 0) is 17.4 Å². The SMILES string of the molecule is CC(c1ccc(OC(F)F)cc1)N1C[C@@H](CO[Si](c2ccccc2)(c2ccccc2)C(C)(C)C)n2nc3c(c2C1=O)CN(C(=O)c1ccc(Cl)c(Cl)c1)[C@H](C)C3. The van der Waals surface area contributed by atoms with Gasteiger partial charge in [-0.15, -0.1) is 0 Å². The van der Waals surface area contributed by atoms with E-state index in [2.05, 4.69) is 49.8 Å². The van der Waals surface area contributed by atoms with E-state index < -0.39 is 27.0 Å². The van der Waals surface area contributed by atoms with Crippen molar-refractivity contribution < 1.29 is 27.5 Å². The van der Waals surface area contributed by atoms with Crippen LogP contribution in [0.5, 0.6) is 5.75 Å². The number of aromatic nitrogens is 2. The molecule has 0 saturated carbocycles. The van der Waals surface area contributed by atoms with Crippen molar-refractivity contribution in [3.63, 3.8) is 0 Å². The Balaban J connectivity index is 1.30.